The van der Waals surface area contributed by atoms with Gasteiger partial charge in [-0.1, -0.05) is 24.3 Å². The Kier molecular flexibility index (Phi) is 6.71. The lowest BCUT2D eigenvalue weighted by Gasteiger charge is -2.31. The quantitative estimate of drug-likeness (QED) is 0.753. The van der Waals surface area contributed by atoms with Crippen molar-refractivity contribution in [3.05, 3.63) is 52.2 Å². The molecular formula is C20H25N3O4S2. The number of benzene rings is 1. The average Bonchev–Trinajstić information content (AvgIpc) is 3.26. The molecule has 1 aromatic carbocycles. The van der Waals surface area contributed by atoms with Crippen molar-refractivity contribution in [2.45, 2.75) is 24.3 Å². The minimum absolute atomic E-state index is 0.0417. The minimum Gasteiger partial charge on any atom is -0.352 e. The Labute approximate surface area is 175 Å². The number of hydrogen-bond acceptors (Lipinski definition) is 5. The molecule has 1 atom stereocenters. The molecule has 2 amide bonds. The van der Waals surface area contributed by atoms with Gasteiger partial charge in [0.05, 0.1) is 15.7 Å². The SMILES string of the molecule is CN(C)S(=O)(=O)c1ccccc1CNC(=O)[C@@H]1CCCN(C(=O)c2cccs2)C1. The Hall–Kier alpha value is -2.23. The molecule has 9 heteroatoms. The zero-order valence-electron chi connectivity index (χ0n) is 16.5. The normalized spacial score (nSPS) is 17.3. The number of amides is 2. The van der Waals surface area contributed by atoms with Gasteiger partial charge in [-0.05, 0) is 35.9 Å². The molecule has 3 rings (SSSR count). The summed E-state index contributed by atoms with van der Waals surface area (Å²) < 4.78 is 26.2. The highest BCUT2D eigenvalue weighted by Gasteiger charge is 2.29. The second kappa shape index (κ2) is 9.06. The summed E-state index contributed by atoms with van der Waals surface area (Å²) in [6.45, 7) is 1.14. The van der Waals surface area contributed by atoms with Crippen molar-refractivity contribution in [1.82, 2.24) is 14.5 Å². The van der Waals surface area contributed by atoms with Crippen LogP contribution in [-0.4, -0.2) is 56.6 Å². The number of sulfonamides is 1. The van der Waals surface area contributed by atoms with Crippen molar-refractivity contribution in [3.63, 3.8) is 0 Å². The van der Waals surface area contributed by atoms with Crippen LogP contribution >= 0.6 is 11.3 Å². The molecule has 7 nitrogen and oxygen atoms in total. The van der Waals surface area contributed by atoms with E-state index in [9.17, 15) is 18.0 Å². The Morgan fingerprint density at radius 2 is 1.97 bits per heavy atom. The Bertz CT molecular complexity index is 971. The number of hydrogen-bond donors (Lipinski definition) is 1. The van der Waals surface area contributed by atoms with Gasteiger partial charge in [-0.3, -0.25) is 9.59 Å². The lowest BCUT2D eigenvalue weighted by Crippen LogP contribution is -2.45. The van der Waals surface area contributed by atoms with Gasteiger partial charge < -0.3 is 10.2 Å². The molecule has 1 aromatic heterocycles. The zero-order chi connectivity index (χ0) is 21.0. The molecule has 0 unspecified atom stereocenters. The molecule has 0 aliphatic carbocycles. The lowest BCUT2D eigenvalue weighted by atomic mass is 9.97. The number of carbonyl (C=O) groups is 2. The lowest BCUT2D eigenvalue weighted by molar-refractivity contribution is -0.126. The fraction of sp³-hybridized carbons (Fsp3) is 0.400. The van der Waals surface area contributed by atoms with Crippen LogP contribution in [0.5, 0.6) is 0 Å². The van der Waals surface area contributed by atoms with E-state index in [0.717, 1.165) is 10.7 Å². The first-order chi connectivity index (χ1) is 13.8. The summed E-state index contributed by atoms with van der Waals surface area (Å²) in [7, 11) is -0.639. The van der Waals surface area contributed by atoms with Crippen LogP contribution in [0.4, 0.5) is 0 Å². The van der Waals surface area contributed by atoms with Gasteiger partial charge >= 0.3 is 0 Å². The molecule has 0 saturated carbocycles. The Morgan fingerprint density at radius 3 is 2.66 bits per heavy atom. The molecule has 0 spiro atoms. The molecule has 2 heterocycles. The zero-order valence-corrected chi connectivity index (χ0v) is 18.1. The molecular weight excluding hydrogens is 410 g/mol. The smallest absolute Gasteiger partial charge is 0.263 e. The summed E-state index contributed by atoms with van der Waals surface area (Å²) >= 11 is 1.40. The second-order valence-electron chi connectivity index (χ2n) is 7.18. The number of carbonyl (C=O) groups excluding carboxylic acids is 2. The van der Waals surface area contributed by atoms with E-state index in [-0.39, 0.29) is 29.2 Å². The molecule has 1 saturated heterocycles. The number of nitrogens with one attached hydrogen (secondary N) is 1. The Morgan fingerprint density at radius 1 is 1.21 bits per heavy atom. The number of piperidine rings is 1. The topological polar surface area (TPSA) is 86.8 Å². The fourth-order valence-electron chi connectivity index (χ4n) is 3.36. The van der Waals surface area contributed by atoms with E-state index in [1.165, 1.54) is 25.4 Å². The maximum atomic E-state index is 12.7. The molecule has 2 aromatic rings. The third-order valence-electron chi connectivity index (χ3n) is 5.00. The van der Waals surface area contributed by atoms with Gasteiger partial charge in [0.1, 0.15) is 0 Å². The summed E-state index contributed by atoms with van der Waals surface area (Å²) in [4.78, 5) is 27.9. The van der Waals surface area contributed by atoms with Gasteiger partial charge in [0.15, 0.2) is 0 Å². The van der Waals surface area contributed by atoms with Crippen molar-refractivity contribution < 1.29 is 18.0 Å². The number of nitrogens with zero attached hydrogens (tertiary/aromatic N) is 2. The van der Waals surface area contributed by atoms with Crippen LogP contribution in [0.3, 0.4) is 0 Å². The molecule has 156 valence electrons. The first kappa shape index (κ1) is 21.5. The summed E-state index contributed by atoms with van der Waals surface area (Å²) in [5, 5.41) is 4.72. The summed E-state index contributed by atoms with van der Waals surface area (Å²) in [6.07, 6.45) is 1.47. The van der Waals surface area contributed by atoms with Gasteiger partial charge in [-0.25, -0.2) is 12.7 Å². The monoisotopic (exact) mass is 435 g/mol. The van der Waals surface area contributed by atoms with Gasteiger partial charge in [-0.15, -0.1) is 11.3 Å². The number of rotatable bonds is 6. The minimum atomic E-state index is -3.60. The van der Waals surface area contributed by atoms with Crippen LogP contribution in [-0.2, 0) is 21.4 Å². The van der Waals surface area contributed by atoms with Gasteiger partial charge in [0.2, 0.25) is 15.9 Å². The largest absolute Gasteiger partial charge is 0.352 e. The van der Waals surface area contributed by atoms with Crippen LogP contribution < -0.4 is 5.32 Å². The summed E-state index contributed by atoms with van der Waals surface area (Å²) in [5.41, 5.74) is 0.539. The highest BCUT2D eigenvalue weighted by atomic mass is 32.2. The molecule has 1 fully saturated rings. The van der Waals surface area contributed by atoms with Gasteiger partial charge in [-0.2, -0.15) is 0 Å². The number of likely N-dealkylation sites (tertiary alicyclic amines) is 1. The molecule has 1 aliphatic heterocycles. The standard InChI is InChI=1S/C20H25N3O4S2/c1-22(2)29(26,27)18-10-4-3-7-15(18)13-21-19(24)16-8-5-11-23(14-16)20(25)17-9-6-12-28-17/h3-4,6-7,9-10,12,16H,5,8,11,13-14H2,1-2H3,(H,21,24)/t16-/m1/s1. The number of thiophene rings is 1. The van der Waals surface area contributed by atoms with Crippen molar-refractivity contribution in [3.8, 4) is 0 Å². The molecule has 0 bridgehead atoms. The van der Waals surface area contributed by atoms with E-state index in [1.54, 1.807) is 35.2 Å². The van der Waals surface area contributed by atoms with Crippen molar-refractivity contribution in [2.75, 3.05) is 27.2 Å². The van der Waals surface area contributed by atoms with E-state index >= 15 is 0 Å². The van der Waals surface area contributed by atoms with E-state index in [2.05, 4.69) is 5.32 Å². The Balaban J connectivity index is 1.65. The highest BCUT2D eigenvalue weighted by molar-refractivity contribution is 7.89. The molecule has 0 radical (unpaired) electrons. The van der Waals surface area contributed by atoms with Crippen LogP contribution in [0.25, 0.3) is 0 Å². The summed E-state index contributed by atoms with van der Waals surface area (Å²) in [6, 6.07) is 10.3. The van der Waals surface area contributed by atoms with Crippen LogP contribution in [0.15, 0.2) is 46.7 Å². The van der Waals surface area contributed by atoms with Crippen molar-refractivity contribution >= 4 is 33.2 Å². The van der Waals surface area contributed by atoms with Gasteiger partial charge in [0, 0.05) is 33.7 Å². The highest BCUT2D eigenvalue weighted by Crippen LogP contribution is 2.22. The maximum absolute atomic E-state index is 12.7. The second-order valence-corrected chi connectivity index (χ2v) is 10.2. The molecule has 29 heavy (non-hydrogen) atoms. The first-order valence-corrected chi connectivity index (χ1v) is 11.7. The van der Waals surface area contributed by atoms with Crippen LogP contribution in [0.2, 0.25) is 0 Å². The first-order valence-electron chi connectivity index (χ1n) is 9.41. The fourth-order valence-corrected chi connectivity index (χ4v) is 5.16. The molecule has 1 aliphatic rings. The maximum Gasteiger partial charge on any atom is 0.263 e. The van der Waals surface area contributed by atoms with E-state index in [1.807, 2.05) is 11.4 Å². The predicted octanol–water partition coefficient (Wildman–Crippen LogP) is 2.17. The third-order valence-corrected chi connectivity index (χ3v) is 7.77. The van der Waals surface area contributed by atoms with Gasteiger partial charge in [0.25, 0.3) is 5.91 Å². The van der Waals surface area contributed by atoms with E-state index in [0.29, 0.717) is 30.0 Å². The van der Waals surface area contributed by atoms with Crippen LogP contribution in [0.1, 0.15) is 28.1 Å². The van der Waals surface area contributed by atoms with E-state index < -0.39 is 10.0 Å². The van der Waals surface area contributed by atoms with E-state index in [4.69, 9.17) is 0 Å². The molecule has 1 N–H and O–H groups in total. The van der Waals surface area contributed by atoms with Crippen molar-refractivity contribution in [1.29, 1.82) is 0 Å². The van der Waals surface area contributed by atoms with Crippen LogP contribution in [0, 0.1) is 5.92 Å². The third kappa shape index (κ3) is 4.85. The predicted molar refractivity (Wildman–Crippen MR) is 112 cm³/mol. The van der Waals surface area contributed by atoms with Crippen molar-refractivity contribution in [2.24, 2.45) is 5.92 Å². The average molecular weight is 436 g/mol. The summed E-state index contributed by atoms with van der Waals surface area (Å²) in [5.74, 6) is -0.504.